The molecule has 0 radical (unpaired) electrons. The normalized spacial score (nSPS) is 10.7. The lowest BCUT2D eigenvalue weighted by atomic mass is 10.2. The molecule has 1 aromatic heterocycles. The van der Waals surface area contributed by atoms with Gasteiger partial charge in [0.25, 0.3) is 6.43 Å². The van der Waals surface area contributed by atoms with Crippen LogP contribution in [0, 0.1) is 6.92 Å². The number of carboxylic acids is 1. The van der Waals surface area contributed by atoms with Gasteiger partial charge in [-0.15, -0.1) is 0 Å². The third-order valence-electron chi connectivity index (χ3n) is 1.76. The van der Waals surface area contributed by atoms with Gasteiger partial charge in [0.2, 0.25) is 0 Å². The van der Waals surface area contributed by atoms with E-state index >= 15 is 0 Å². The van der Waals surface area contributed by atoms with Crippen molar-refractivity contribution in [2.45, 2.75) is 19.8 Å². The van der Waals surface area contributed by atoms with Crippen molar-refractivity contribution in [3.8, 4) is 0 Å². The van der Waals surface area contributed by atoms with Crippen molar-refractivity contribution >= 4 is 17.6 Å². The summed E-state index contributed by atoms with van der Waals surface area (Å²) in [6, 6.07) is 1.39. The van der Waals surface area contributed by atoms with Gasteiger partial charge in [-0.3, -0.25) is 4.79 Å². The van der Waals surface area contributed by atoms with Crippen molar-refractivity contribution < 1.29 is 18.7 Å². The molecular formula is C9H8ClF2NO2. The fourth-order valence-electron chi connectivity index (χ4n) is 1.14. The number of aryl methyl sites for hydroxylation is 1. The lowest BCUT2D eigenvalue weighted by Crippen LogP contribution is -2.05. The summed E-state index contributed by atoms with van der Waals surface area (Å²) in [6.45, 7) is 1.53. The Morgan fingerprint density at radius 3 is 2.73 bits per heavy atom. The number of pyridine rings is 1. The zero-order chi connectivity index (χ0) is 11.6. The maximum atomic E-state index is 12.4. The molecule has 0 aliphatic carbocycles. The van der Waals surface area contributed by atoms with Gasteiger partial charge in [-0.2, -0.15) is 0 Å². The Bertz CT molecular complexity index is 396. The first-order valence-electron chi connectivity index (χ1n) is 4.07. The maximum absolute atomic E-state index is 12.4. The Labute approximate surface area is 89.7 Å². The fourth-order valence-corrected chi connectivity index (χ4v) is 1.32. The van der Waals surface area contributed by atoms with Crippen LogP contribution in [-0.4, -0.2) is 16.1 Å². The summed E-state index contributed by atoms with van der Waals surface area (Å²) >= 11 is 5.61. The zero-order valence-corrected chi connectivity index (χ0v) is 8.55. The zero-order valence-electron chi connectivity index (χ0n) is 7.80. The van der Waals surface area contributed by atoms with Crippen LogP contribution in [0.25, 0.3) is 0 Å². The molecule has 0 unspecified atom stereocenters. The van der Waals surface area contributed by atoms with Crippen molar-refractivity contribution in [2.75, 3.05) is 0 Å². The molecule has 0 aliphatic heterocycles. The Hall–Kier alpha value is -1.23. The lowest BCUT2D eigenvalue weighted by molar-refractivity contribution is -0.136. The minimum Gasteiger partial charge on any atom is -0.481 e. The van der Waals surface area contributed by atoms with Crippen molar-refractivity contribution in [1.29, 1.82) is 0 Å². The molecule has 6 heteroatoms. The Balaban J connectivity index is 3.17. The standard InChI is InChI=1S/C9H8ClF2NO2/c1-4-2-5(3-6(14)15)13-8(7(4)10)9(11)12/h2,9H,3H2,1H3,(H,14,15). The Kier molecular flexibility index (Phi) is 3.57. The molecule has 1 heterocycles. The van der Waals surface area contributed by atoms with E-state index in [4.69, 9.17) is 16.7 Å². The van der Waals surface area contributed by atoms with Gasteiger partial charge in [0, 0.05) is 0 Å². The highest BCUT2D eigenvalue weighted by atomic mass is 35.5. The second kappa shape index (κ2) is 4.53. The van der Waals surface area contributed by atoms with E-state index in [1.165, 1.54) is 13.0 Å². The minimum atomic E-state index is -2.80. The molecular weight excluding hydrogens is 228 g/mol. The molecule has 0 atom stereocenters. The summed E-state index contributed by atoms with van der Waals surface area (Å²) < 4.78 is 24.9. The molecule has 0 aliphatic rings. The van der Waals surface area contributed by atoms with E-state index in [0.29, 0.717) is 5.56 Å². The van der Waals surface area contributed by atoms with Gasteiger partial charge in [-0.25, -0.2) is 13.8 Å². The van der Waals surface area contributed by atoms with Crippen LogP contribution >= 0.6 is 11.6 Å². The SMILES string of the molecule is Cc1cc(CC(=O)O)nc(C(F)F)c1Cl. The van der Waals surface area contributed by atoms with Gasteiger partial charge in [-0.1, -0.05) is 11.6 Å². The number of nitrogens with zero attached hydrogens (tertiary/aromatic N) is 1. The van der Waals surface area contributed by atoms with Crippen molar-refractivity contribution in [1.82, 2.24) is 4.98 Å². The van der Waals surface area contributed by atoms with Crippen molar-refractivity contribution in [3.63, 3.8) is 0 Å². The second-order valence-corrected chi connectivity index (χ2v) is 3.38. The highest BCUT2D eigenvalue weighted by molar-refractivity contribution is 6.32. The summed E-state index contributed by atoms with van der Waals surface area (Å²) in [7, 11) is 0. The average Bonchev–Trinajstić information content (AvgIpc) is 2.09. The number of aliphatic carboxylic acids is 1. The quantitative estimate of drug-likeness (QED) is 0.876. The molecule has 1 aromatic rings. The summed E-state index contributed by atoms with van der Waals surface area (Å²) in [6.07, 6.45) is -3.19. The molecule has 15 heavy (non-hydrogen) atoms. The first-order chi connectivity index (χ1) is 6.91. The number of halogens is 3. The van der Waals surface area contributed by atoms with E-state index in [-0.39, 0.29) is 10.7 Å². The van der Waals surface area contributed by atoms with Crippen molar-refractivity contribution in [3.05, 3.63) is 28.0 Å². The van der Waals surface area contributed by atoms with Crippen LogP contribution in [0.2, 0.25) is 5.02 Å². The Morgan fingerprint density at radius 1 is 1.67 bits per heavy atom. The summed E-state index contributed by atoms with van der Waals surface area (Å²) in [5.41, 5.74) is -0.0779. The van der Waals surface area contributed by atoms with E-state index in [1.807, 2.05) is 0 Å². The maximum Gasteiger partial charge on any atom is 0.309 e. The van der Waals surface area contributed by atoms with Crippen molar-refractivity contribution in [2.24, 2.45) is 0 Å². The van der Waals surface area contributed by atoms with Crippen LogP contribution in [0.3, 0.4) is 0 Å². The second-order valence-electron chi connectivity index (χ2n) is 3.00. The van der Waals surface area contributed by atoms with Crippen LogP contribution < -0.4 is 0 Å². The van der Waals surface area contributed by atoms with Crippen LogP contribution in [-0.2, 0) is 11.2 Å². The van der Waals surface area contributed by atoms with Crippen LogP contribution in [0.1, 0.15) is 23.4 Å². The summed E-state index contributed by atoms with van der Waals surface area (Å²) in [5, 5.41) is 8.38. The van der Waals surface area contributed by atoms with Gasteiger partial charge < -0.3 is 5.11 Å². The highest BCUT2D eigenvalue weighted by Crippen LogP contribution is 2.28. The molecule has 0 spiro atoms. The van der Waals surface area contributed by atoms with E-state index in [2.05, 4.69) is 4.98 Å². The molecule has 82 valence electrons. The number of aromatic nitrogens is 1. The van der Waals surface area contributed by atoms with E-state index in [9.17, 15) is 13.6 Å². The first-order valence-corrected chi connectivity index (χ1v) is 4.45. The van der Waals surface area contributed by atoms with Gasteiger partial charge in [0.05, 0.1) is 17.1 Å². The predicted octanol–water partition coefficient (Wildman–Crippen LogP) is 2.61. The molecule has 1 rings (SSSR count). The smallest absolute Gasteiger partial charge is 0.309 e. The molecule has 0 amide bonds. The van der Waals surface area contributed by atoms with Crippen LogP contribution in [0.15, 0.2) is 6.07 Å². The minimum absolute atomic E-state index is 0.0831. The molecule has 3 nitrogen and oxygen atoms in total. The van der Waals surface area contributed by atoms with Gasteiger partial charge in [0.15, 0.2) is 0 Å². The average molecular weight is 236 g/mol. The van der Waals surface area contributed by atoms with Crippen LogP contribution in [0.4, 0.5) is 8.78 Å². The number of rotatable bonds is 3. The van der Waals surface area contributed by atoms with Gasteiger partial charge in [-0.05, 0) is 18.6 Å². The first kappa shape index (κ1) is 11.8. The third kappa shape index (κ3) is 2.86. The van der Waals surface area contributed by atoms with Gasteiger partial charge in [0.1, 0.15) is 5.69 Å². The fraction of sp³-hybridized carbons (Fsp3) is 0.333. The number of hydrogen-bond acceptors (Lipinski definition) is 2. The largest absolute Gasteiger partial charge is 0.481 e. The number of alkyl halides is 2. The molecule has 0 aromatic carbocycles. The third-order valence-corrected chi connectivity index (χ3v) is 2.25. The number of carboxylic acid groups (broad SMARTS) is 1. The van der Waals surface area contributed by atoms with E-state index in [0.717, 1.165) is 0 Å². The highest BCUT2D eigenvalue weighted by Gasteiger charge is 2.17. The molecule has 0 fully saturated rings. The number of carbonyl (C=O) groups is 1. The molecule has 0 bridgehead atoms. The predicted molar refractivity (Wildman–Crippen MR) is 50.3 cm³/mol. The molecule has 1 N–H and O–H groups in total. The van der Waals surface area contributed by atoms with E-state index in [1.54, 1.807) is 0 Å². The molecule has 0 saturated heterocycles. The van der Waals surface area contributed by atoms with Crippen LogP contribution in [0.5, 0.6) is 0 Å². The summed E-state index contributed by atoms with van der Waals surface area (Å²) in [5.74, 6) is -1.12. The topological polar surface area (TPSA) is 50.2 Å². The Morgan fingerprint density at radius 2 is 2.27 bits per heavy atom. The lowest BCUT2D eigenvalue weighted by Gasteiger charge is -2.07. The van der Waals surface area contributed by atoms with Gasteiger partial charge >= 0.3 is 5.97 Å². The monoisotopic (exact) mass is 235 g/mol. The number of hydrogen-bond donors (Lipinski definition) is 1. The van der Waals surface area contributed by atoms with E-state index < -0.39 is 24.5 Å². The summed E-state index contributed by atoms with van der Waals surface area (Å²) in [4.78, 5) is 13.9. The molecule has 0 saturated carbocycles.